The van der Waals surface area contributed by atoms with Crippen molar-refractivity contribution in [1.29, 1.82) is 0 Å². The van der Waals surface area contributed by atoms with Gasteiger partial charge in [0, 0.05) is 32.1 Å². The van der Waals surface area contributed by atoms with Gasteiger partial charge < -0.3 is 15.1 Å². The van der Waals surface area contributed by atoms with E-state index in [0.717, 1.165) is 16.7 Å². The number of benzene rings is 1. The van der Waals surface area contributed by atoms with Crippen molar-refractivity contribution in [2.45, 2.75) is 38.5 Å². The summed E-state index contributed by atoms with van der Waals surface area (Å²) in [7, 11) is -3.60. The van der Waals surface area contributed by atoms with Crippen LogP contribution in [0.2, 0.25) is 0 Å². The lowest BCUT2D eigenvalue weighted by Crippen LogP contribution is -2.44. The molecule has 0 spiro atoms. The van der Waals surface area contributed by atoms with Crippen molar-refractivity contribution < 1.29 is 22.4 Å². The van der Waals surface area contributed by atoms with Gasteiger partial charge in [-0.15, -0.1) is 0 Å². The number of nitrogens with one attached hydrogen (secondary N) is 2. The van der Waals surface area contributed by atoms with Gasteiger partial charge in [-0.3, -0.25) is 9.59 Å². The summed E-state index contributed by atoms with van der Waals surface area (Å²) < 4.78 is 32.8. The number of carbonyl (C=O) groups excluding carboxylic acids is 2. The molecule has 0 unspecified atom stereocenters. The first kappa shape index (κ1) is 23.0. The summed E-state index contributed by atoms with van der Waals surface area (Å²) >= 11 is 0. The largest absolute Gasteiger partial charge is 0.459 e. The molecule has 2 heterocycles. The molecule has 1 aliphatic rings. The molecule has 31 heavy (non-hydrogen) atoms. The maximum absolute atomic E-state index is 13.2. The van der Waals surface area contributed by atoms with Gasteiger partial charge in [-0.05, 0) is 56.9 Å². The predicted molar refractivity (Wildman–Crippen MR) is 116 cm³/mol. The molecule has 0 atom stereocenters. The van der Waals surface area contributed by atoms with Gasteiger partial charge in [0.2, 0.25) is 15.9 Å². The molecule has 1 aromatic carbocycles. The van der Waals surface area contributed by atoms with E-state index in [-0.39, 0.29) is 30.0 Å². The van der Waals surface area contributed by atoms with Crippen molar-refractivity contribution in [2.24, 2.45) is 5.92 Å². The number of sulfonamides is 1. The molecule has 1 aromatic heterocycles. The van der Waals surface area contributed by atoms with Crippen molar-refractivity contribution in [1.82, 2.24) is 14.9 Å². The van der Waals surface area contributed by atoms with Crippen molar-refractivity contribution in [3.8, 4) is 0 Å². The molecule has 9 heteroatoms. The summed E-state index contributed by atoms with van der Waals surface area (Å²) in [5, 5.41) is 5.48. The number of piperidine rings is 1. The van der Waals surface area contributed by atoms with Crippen LogP contribution in [0.1, 0.15) is 40.1 Å². The van der Waals surface area contributed by atoms with Gasteiger partial charge in [-0.25, -0.2) is 8.42 Å². The second kappa shape index (κ2) is 9.65. The molecule has 2 N–H and O–H groups in total. The fourth-order valence-corrected chi connectivity index (χ4v) is 5.94. The van der Waals surface area contributed by atoms with Crippen molar-refractivity contribution in [2.75, 3.05) is 26.2 Å². The second-order valence-electron chi connectivity index (χ2n) is 7.93. The monoisotopic (exact) mass is 447 g/mol. The van der Waals surface area contributed by atoms with E-state index in [9.17, 15) is 18.0 Å². The lowest BCUT2D eigenvalue weighted by molar-refractivity contribution is -0.126. The average molecular weight is 448 g/mol. The Labute approximate surface area is 183 Å². The minimum absolute atomic E-state index is 0.119. The first-order valence-corrected chi connectivity index (χ1v) is 11.8. The molecule has 2 aromatic rings. The van der Waals surface area contributed by atoms with Gasteiger partial charge in [0.05, 0.1) is 11.2 Å². The van der Waals surface area contributed by atoms with E-state index >= 15 is 0 Å². The number of furan rings is 1. The SMILES string of the molecule is Cc1cc(C)c(S(=O)(=O)N2CCC(C(=O)NCCNC(=O)c3ccco3)CC2)c(C)c1. The van der Waals surface area contributed by atoms with Crippen LogP contribution in [0.15, 0.2) is 39.8 Å². The van der Waals surface area contributed by atoms with E-state index < -0.39 is 10.0 Å². The highest BCUT2D eigenvalue weighted by molar-refractivity contribution is 7.89. The van der Waals surface area contributed by atoms with Crippen LogP contribution < -0.4 is 10.6 Å². The van der Waals surface area contributed by atoms with E-state index in [1.165, 1.54) is 10.6 Å². The van der Waals surface area contributed by atoms with Crippen LogP contribution in [0.4, 0.5) is 0 Å². The number of carbonyl (C=O) groups is 2. The number of hydrogen-bond donors (Lipinski definition) is 2. The molecule has 0 saturated carbocycles. The quantitative estimate of drug-likeness (QED) is 0.632. The molecule has 2 amide bonds. The zero-order chi connectivity index (χ0) is 22.6. The van der Waals surface area contributed by atoms with Gasteiger partial charge in [0.1, 0.15) is 0 Å². The average Bonchev–Trinajstić information content (AvgIpc) is 3.25. The number of amides is 2. The Hall–Kier alpha value is -2.65. The topological polar surface area (TPSA) is 109 Å². The van der Waals surface area contributed by atoms with Crippen molar-refractivity contribution in [3.05, 3.63) is 53.0 Å². The highest BCUT2D eigenvalue weighted by Crippen LogP contribution is 2.28. The second-order valence-corrected chi connectivity index (χ2v) is 9.81. The first-order valence-electron chi connectivity index (χ1n) is 10.4. The third kappa shape index (κ3) is 5.34. The lowest BCUT2D eigenvalue weighted by Gasteiger charge is -2.31. The van der Waals surface area contributed by atoms with Gasteiger partial charge >= 0.3 is 0 Å². The summed E-state index contributed by atoms with van der Waals surface area (Å²) in [6, 6.07) is 6.95. The molecule has 0 aliphatic carbocycles. The van der Waals surface area contributed by atoms with E-state index in [0.29, 0.717) is 37.4 Å². The van der Waals surface area contributed by atoms with Crippen molar-refractivity contribution >= 4 is 21.8 Å². The van der Waals surface area contributed by atoms with Crippen LogP contribution in [0.3, 0.4) is 0 Å². The Bertz CT molecular complexity index is 1020. The minimum atomic E-state index is -3.60. The number of rotatable bonds is 7. The highest BCUT2D eigenvalue weighted by Gasteiger charge is 2.33. The van der Waals surface area contributed by atoms with Gasteiger partial charge in [-0.2, -0.15) is 4.31 Å². The van der Waals surface area contributed by atoms with E-state index in [1.807, 2.05) is 32.9 Å². The van der Waals surface area contributed by atoms with Crippen LogP contribution in [-0.4, -0.2) is 50.7 Å². The Morgan fingerprint density at radius 3 is 2.26 bits per heavy atom. The standard InChI is InChI=1S/C22H29N3O5S/c1-15-13-16(2)20(17(3)14-15)31(28,29)25-10-6-18(7-11-25)21(26)23-8-9-24-22(27)19-5-4-12-30-19/h4-5,12-14,18H,6-11H2,1-3H3,(H,23,26)(H,24,27). The van der Waals surface area contributed by atoms with Crippen LogP contribution >= 0.6 is 0 Å². The predicted octanol–water partition coefficient (Wildman–Crippen LogP) is 2.15. The third-order valence-electron chi connectivity index (χ3n) is 5.48. The first-order chi connectivity index (χ1) is 14.7. The van der Waals surface area contributed by atoms with Gasteiger partial charge in [-0.1, -0.05) is 17.7 Å². The highest BCUT2D eigenvalue weighted by atomic mass is 32.2. The molecule has 3 rings (SSSR count). The molecule has 1 saturated heterocycles. The van der Waals surface area contributed by atoms with E-state index in [2.05, 4.69) is 10.6 Å². The molecule has 0 bridgehead atoms. The zero-order valence-corrected chi connectivity index (χ0v) is 18.9. The van der Waals surface area contributed by atoms with Crippen LogP contribution in [0, 0.1) is 26.7 Å². The summed E-state index contributed by atoms with van der Waals surface area (Å²) in [6.07, 6.45) is 2.35. The van der Waals surface area contributed by atoms with Gasteiger partial charge in [0.25, 0.3) is 5.91 Å². The van der Waals surface area contributed by atoms with E-state index in [4.69, 9.17) is 4.42 Å². The Kier molecular flexibility index (Phi) is 7.17. The normalized spacial score (nSPS) is 15.6. The third-order valence-corrected chi connectivity index (χ3v) is 7.69. The van der Waals surface area contributed by atoms with Crippen LogP contribution in [0.25, 0.3) is 0 Å². The molecule has 1 aliphatic heterocycles. The Morgan fingerprint density at radius 2 is 1.68 bits per heavy atom. The maximum atomic E-state index is 13.2. The summed E-state index contributed by atoms with van der Waals surface area (Å²) in [6.45, 7) is 6.78. The smallest absolute Gasteiger partial charge is 0.287 e. The molecular weight excluding hydrogens is 418 g/mol. The number of aryl methyl sites for hydroxylation is 3. The number of nitrogens with zero attached hydrogens (tertiary/aromatic N) is 1. The molecule has 1 fully saturated rings. The minimum Gasteiger partial charge on any atom is -0.459 e. The fourth-order valence-electron chi connectivity index (χ4n) is 4.06. The van der Waals surface area contributed by atoms with Crippen molar-refractivity contribution in [3.63, 3.8) is 0 Å². The fraction of sp³-hybridized carbons (Fsp3) is 0.455. The molecule has 8 nitrogen and oxygen atoms in total. The molecule has 0 radical (unpaired) electrons. The van der Waals surface area contributed by atoms with Crippen LogP contribution in [-0.2, 0) is 14.8 Å². The summed E-state index contributed by atoms with van der Waals surface area (Å²) in [5.74, 6) is -0.474. The van der Waals surface area contributed by atoms with Crippen LogP contribution in [0.5, 0.6) is 0 Å². The van der Waals surface area contributed by atoms with E-state index in [1.54, 1.807) is 12.1 Å². The Balaban J connectivity index is 1.49. The van der Waals surface area contributed by atoms with Gasteiger partial charge in [0.15, 0.2) is 5.76 Å². The molecule has 168 valence electrons. The summed E-state index contributed by atoms with van der Waals surface area (Å²) in [5.41, 5.74) is 2.52. The molecular formula is C22H29N3O5S. The summed E-state index contributed by atoms with van der Waals surface area (Å²) in [4.78, 5) is 24.6. The zero-order valence-electron chi connectivity index (χ0n) is 18.1. The lowest BCUT2D eigenvalue weighted by atomic mass is 9.97. The maximum Gasteiger partial charge on any atom is 0.287 e. The Morgan fingerprint density at radius 1 is 1.06 bits per heavy atom. The number of hydrogen-bond acceptors (Lipinski definition) is 5.